The Morgan fingerprint density at radius 2 is 2.11 bits per heavy atom. The lowest BCUT2D eigenvalue weighted by molar-refractivity contribution is -0.0485. The van der Waals surface area contributed by atoms with E-state index >= 15 is 0 Å². The SMILES string of the molecule is CS(=N)(=O)N1CCC2CN([C@H]3CO[C@H](c4cc(F)ccc4F)C(N)C3)CC21. The maximum absolute atomic E-state index is 14.1. The molecule has 4 unspecified atom stereocenters. The van der Waals surface area contributed by atoms with Gasteiger partial charge in [-0.05, 0) is 37.0 Å². The van der Waals surface area contributed by atoms with Gasteiger partial charge in [0.15, 0.2) is 0 Å². The lowest BCUT2D eigenvalue weighted by Crippen LogP contribution is -2.49. The van der Waals surface area contributed by atoms with Crippen LogP contribution in [0.5, 0.6) is 0 Å². The molecule has 0 spiro atoms. The molecule has 3 aliphatic heterocycles. The van der Waals surface area contributed by atoms with Crippen molar-refractivity contribution < 1.29 is 17.7 Å². The van der Waals surface area contributed by atoms with E-state index in [1.54, 1.807) is 0 Å². The van der Waals surface area contributed by atoms with Crippen LogP contribution in [0.2, 0.25) is 0 Å². The van der Waals surface area contributed by atoms with Gasteiger partial charge in [0.1, 0.15) is 27.7 Å². The molecule has 0 bridgehead atoms. The lowest BCUT2D eigenvalue weighted by atomic mass is 9.93. The minimum Gasteiger partial charge on any atom is -0.370 e. The van der Waals surface area contributed by atoms with Gasteiger partial charge in [0, 0.05) is 49.6 Å². The molecule has 0 aromatic heterocycles. The number of nitrogens with two attached hydrogens (primary N) is 1. The van der Waals surface area contributed by atoms with Crippen molar-refractivity contribution in [2.24, 2.45) is 11.7 Å². The van der Waals surface area contributed by atoms with Gasteiger partial charge < -0.3 is 10.5 Å². The van der Waals surface area contributed by atoms with Gasteiger partial charge in [-0.3, -0.25) is 4.90 Å². The fourth-order valence-corrected chi connectivity index (χ4v) is 6.05. The average molecular weight is 400 g/mol. The summed E-state index contributed by atoms with van der Waals surface area (Å²) in [6.07, 6.45) is 2.40. The fourth-order valence-electron chi connectivity index (χ4n) is 4.84. The van der Waals surface area contributed by atoms with Gasteiger partial charge in [-0.2, -0.15) is 0 Å². The van der Waals surface area contributed by atoms with Gasteiger partial charge >= 0.3 is 0 Å². The van der Waals surface area contributed by atoms with Crippen LogP contribution in [0.3, 0.4) is 0 Å². The first kappa shape index (κ1) is 19.2. The number of hydrogen-bond donors (Lipinski definition) is 2. The molecule has 1 aromatic rings. The highest BCUT2D eigenvalue weighted by Crippen LogP contribution is 2.37. The van der Waals surface area contributed by atoms with Crippen LogP contribution in [-0.4, -0.2) is 64.0 Å². The number of fused-ring (bicyclic) bond motifs is 1. The van der Waals surface area contributed by atoms with Gasteiger partial charge in [0.2, 0.25) is 0 Å². The number of likely N-dealkylation sites (tertiary alicyclic amines) is 1. The van der Waals surface area contributed by atoms with Crippen LogP contribution in [0.4, 0.5) is 8.78 Å². The highest BCUT2D eigenvalue weighted by molar-refractivity contribution is 7.89. The van der Waals surface area contributed by atoms with E-state index in [1.807, 2.05) is 4.31 Å². The first-order chi connectivity index (χ1) is 12.7. The van der Waals surface area contributed by atoms with Crippen molar-refractivity contribution in [3.63, 3.8) is 0 Å². The molecule has 6 atom stereocenters. The Kier molecular flexibility index (Phi) is 5.00. The van der Waals surface area contributed by atoms with Gasteiger partial charge in [-0.15, -0.1) is 0 Å². The molecule has 6 nitrogen and oxygen atoms in total. The van der Waals surface area contributed by atoms with Crippen molar-refractivity contribution in [2.75, 3.05) is 32.5 Å². The van der Waals surface area contributed by atoms with Crippen LogP contribution in [0.15, 0.2) is 18.2 Å². The molecule has 1 aromatic carbocycles. The molecule has 3 saturated heterocycles. The van der Waals surface area contributed by atoms with E-state index in [0.29, 0.717) is 25.5 Å². The number of rotatable bonds is 3. The smallest absolute Gasteiger partial charge is 0.129 e. The molecule has 0 amide bonds. The number of nitrogens with zero attached hydrogens (tertiary/aromatic N) is 2. The lowest BCUT2D eigenvalue weighted by Gasteiger charge is -2.39. The maximum Gasteiger partial charge on any atom is 0.129 e. The van der Waals surface area contributed by atoms with Crippen LogP contribution in [0.25, 0.3) is 0 Å². The predicted molar refractivity (Wildman–Crippen MR) is 98.4 cm³/mol. The maximum atomic E-state index is 14.1. The third-order valence-electron chi connectivity index (χ3n) is 6.15. The second-order valence-corrected chi connectivity index (χ2v) is 10.1. The predicted octanol–water partition coefficient (Wildman–Crippen LogP) is 1.72. The standard InChI is InChI=1S/C18H26F2N4O2S/c1-27(22,25)24-5-4-11-8-23(9-17(11)24)13-7-16(21)18(26-10-13)14-6-12(19)2-3-15(14)20/h2-3,6,11,13,16-18,22H,4-5,7-10,21H2,1H3/t11?,13-,16?,17?,18-,27?/m1/s1. The summed E-state index contributed by atoms with van der Waals surface area (Å²) in [5.74, 6) is -0.601. The molecule has 4 rings (SSSR count). The number of hydrogen-bond acceptors (Lipinski definition) is 5. The van der Waals surface area contributed by atoms with E-state index in [9.17, 15) is 13.0 Å². The molecule has 3 aliphatic rings. The molecule has 3 heterocycles. The topological polar surface area (TPSA) is 82.7 Å². The summed E-state index contributed by atoms with van der Waals surface area (Å²) in [7, 11) is -2.70. The van der Waals surface area contributed by atoms with Crippen molar-refractivity contribution >= 4 is 9.92 Å². The average Bonchev–Trinajstić information content (AvgIpc) is 3.16. The normalized spacial score (nSPS) is 37.3. The highest BCUT2D eigenvalue weighted by atomic mass is 32.2. The van der Waals surface area contributed by atoms with E-state index in [0.717, 1.165) is 37.7 Å². The molecular formula is C18H26F2N4O2S. The fraction of sp³-hybridized carbons (Fsp3) is 0.667. The van der Waals surface area contributed by atoms with E-state index in [4.69, 9.17) is 15.3 Å². The summed E-state index contributed by atoms with van der Waals surface area (Å²) >= 11 is 0. The van der Waals surface area contributed by atoms with Crippen LogP contribution in [0, 0.1) is 22.3 Å². The zero-order valence-electron chi connectivity index (χ0n) is 15.3. The Hall–Kier alpha value is -1.13. The van der Waals surface area contributed by atoms with Gasteiger partial charge in [-0.25, -0.2) is 22.1 Å². The zero-order valence-corrected chi connectivity index (χ0v) is 16.1. The Labute approximate surface area is 158 Å². The number of halogens is 2. The molecule has 0 radical (unpaired) electrons. The molecule has 0 aliphatic carbocycles. The second kappa shape index (κ2) is 7.04. The van der Waals surface area contributed by atoms with Crippen LogP contribution in [-0.2, 0) is 14.7 Å². The summed E-state index contributed by atoms with van der Waals surface area (Å²) in [5.41, 5.74) is 6.44. The Morgan fingerprint density at radius 3 is 2.81 bits per heavy atom. The van der Waals surface area contributed by atoms with Gasteiger partial charge in [0.05, 0.1) is 6.61 Å². The molecule has 3 fully saturated rings. The van der Waals surface area contributed by atoms with Crippen molar-refractivity contribution in [1.29, 1.82) is 4.78 Å². The van der Waals surface area contributed by atoms with E-state index < -0.39 is 33.7 Å². The van der Waals surface area contributed by atoms with Crippen LogP contribution >= 0.6 is 0 Å². The Balaban J connectivity index is 1.43. The first-order valence-electron chi connectivity index (χ1n) is 9.31. The second-order valence-electron chi connectivity index (χ2n) is 7.99. The van der Waals surface area contributed by atoms with Crippen molar-refractivity contribution in [3.05, 3.63) is 35.4 Å². The van der Waals surface area contributed by atoms with Crippen LogP contribution in [0.1, 0.15) is 24.5 Å². The summed E-state index contributed by atoms with van der Waals surface area (Å²) in [4.78, 5) is 2.30. The van der Waals surface area contributed by atoms with E-state index in [2.05, 4.69) is 4.90 Å². The zero-order chi connectivity index (χ0) is 19.3. The highest BCUT2D eigenvalue weighted by Gasteiger charge is 2.46. The van der Waals surface area contributed by atoms with Gasteiger partial charge in [0.25, 0.3) is 0 Å². The molecule has 27 heavy (non-hydrogen) atoms. The minimum absolute atomic E-state index is 0.0963. The molecule has 0 saturated carbocycles. The molecule has 3 N–H and O–H groups in total. The van der Waals surface area contributed by atoms with Crippen molar-refractivity contribution in [1.82, 2.24) is 9.21 Å². The molecule has 9 heteroatoms. The summed E-state index contributed by atoms with van der Waals surface area (Å²) in [6, 6.07) is 3.15. The number of ether oxygens (including phenoxy) is 1. The summed E-state index contributed by atoms with van der Waals surface area (Å²) < 4.78 is 55.4. The first-order valence-corrected chi connectivity index (χ1v) is 11.2. The summed E-state index contributed by atoms with van der Waals surface area (Å²) in [6.45, 7) is 2.73. The van der Waals surface area contributed by atoms with Crippen molar-refractivity contribution in [2.45, 2.75) is 37.1 Å². The van der Waals surface area contributed by atoms with E-state index in [1.165, 1.54) is 6.26 Å². The molecular weight excluding hydrogens is 374 g/mol. The minimum atomic E-state index is -2.70. The number of benzene rings is 1. The van der Waals surface area contributed by atoms with Gasteiger partial charge in [-0.1, -0.05) is 0 Å². The molecule has 150 valence electrons. The number of nitrogens with one attached hydrogen (secondary N) is 1. The Morgan fingerprint density at radius 1 is 1.33 bits per heavy atom. The third kappa shape index (κ3) is 3.63. The Bertz CT molecular complexity index is 822. The largest absolute Gasteiger partial charge is 0.370 e. The van der Waals surface area contributed by atoms with Crippen LogP contribution < -0.4 is 5.73 Å². The third-order valence-corrected chi connectivity index (χ3v) is 7.50. The quantitative estimate of drug-likeness (QED) is 0.809. The monoisotopic (exact) mass is 400 g/mol. The summed E-state index contributed by atoms with van der Waals surface area (Å²) in [5, 5.41) is 0. The van der Waals surface area contributed by atoms with Crippen molar-refractivity contribution in [3.8, 4) is 0 Å². The van der Waals surface area contributed by atoms with E-state index in [-0.39, 0.29) is 17.6 Å².